The molecule has 0 aliphatic heterocycles. The number of esters is 1. The molecule has 0 amide bonds. The minimum atomic E-state index is -0.245. The monoisotopic (exact) mass is 193 g/mol. The van der Waals surface area contributed by atoms with Crippen LogP contribution in [0.2, 0.25) is 0 Å². The fraction of sp³-hybridized carbons (Fsp3) is 0.455. The van der Waals surface area contributed by atoms with Crippen molar-refractivity contribution >= 4 is 5.97 Å². The summed E-state index contributed by atoms with van der Waals surface area (Å²) in [6.07, 6.45) is 1.95. The van der Waals surface area contributed by atoms with Gasteiger partial charge in [0.05, 0.1) is 19.2 Å². The van der Waals surface area contributed by atoms with Gasteiger partial charge in [-0.05, 0) is 17.5 Å². The molecule has 0 radical (unpaired) electrons. The van der Waals surface area contributed by atoms with Gasteiger partial charge in [-0.2, -0.15) is 0 Å². The number of carbonyl (C=O) groups is 1. The quantitative estimate of drug-likeness (QED) is 0.688. The minimum Gasteiger partial charge on any atom is -0.469 e. The second-order valence-corrected chi connectivity index (χ2v) is 3.45. The average molecular weight is 193 g/mol. The molecule has 14 heavy (non-hydrogen) atoms. The van der Waals surface area contributed by atoms with Crippen molar-refractivity contribution in [2.75, 3.05) is 7.11 Å². The first-order valence-corrected chi connectivity index (χ1v) is 4.65. The third kappa shape index (κ3) is 2.55. The summed E-state index contributed by atoms with van der Waals surface area (Å²) in [6, 6.07) is 3.88. The van der Waals surface area contributed by atoms with Crippen LogP contribution in [0.15, 0.2) is 18.3 Å². The lowest BCUT2D eigenvalue weighted by molar-refractivity contribution is -0.139. The van der Waals surface area contributed by atoms with Crippen molar-refractivity contribution in [1.29, 1.82) is 0 Å². The molecule has 3 heteroatoms. The van der Waals surface area contributed by atoms with Crippen molar-refractivity contribution in [2.24, 2.45) is 0 Å². The summed E-state index contributed by atoms with van der Waals surface area (Å²) in [6.45, 7) is 4.16. The van der Waals surface area contributed by atoms with Crippen LogP contribution in [-0.2, 0) is 16.0 Å². The topological polar surface area (TPSA) is 39.2 Å². The number of aromatic nitrogens is 1. The summed E-state index contributed by atoms with van der Waals surface area (Å²) in [5.41, 5.74) is 1.92. The zero-order chi connectivity index (χ0) is 10.6. The molecule has 0 spiro atoms. The number of hydrogen-bond acceptors (Lipinski definition) is 3. The first-order valence-electron chi connectivity index (χ1n) is 4.65. The molecule has 3 nitrogen and oxygen atoms in total. The largest absolute Gasteiger partial charge is 0.469 e. The number of rotatable bonds is 3. The molecular weight excluding hydrogens is 178 g/mol. The second-order valence-electron chi connectivity index (χ2n) is 3.45. The average Bonchev–Trinajstić information content (AvgIpc) is 2.18. The molecule has 0 aliphatic rings. The number of carbonyl (C=O) groups excluding carboxylic acids is 1. The zero-order valence-electron chi connectivity index (χ0n) is 8.78. The van der Waals surface area contributed by atoms with E-state index in [0.717, 1.165) is 11.3 Å². The maximum atomic E-state index is 11.1. The van der Waals surface area contributed by atoms with Crippen molar-refractivity contribution < 1.29 is 9.53 Å². The van der Waals surface area contributed by atoms with Gasteiger partial charge >= 0.3 is 5.97 Å². The Morgan fingerprint density at radius 3 is 2.86 bits per heavy atom. The normalized spacial score (nSPS) is 10.3. The Kier molecular flexibility index (Phi) is 3.63. The van der Waals surface area contributed by atoms with E-state index in [9.17, 15) is 4.79 Å². The highest BCUT2D eigenvalue weighted by Gasteiger charge is 2.11. The van der Waals surface area contributed by atoms with Gasteiger partial charge in [-0.1, -0.05) is 19.9 Å². The van der Waals surface area contributed by atoms with Gasteiger partial charge < -0.3 is 4.74 Å². The van der Waals surface area contributed by atoms with Gasteiger partial charge in [-0.15, -0.1) is 0 Å². The van der Waals surface area contributed by atoms with E-state index in [1.54, 1.807) is 6.20 Å². The Morgan fingerprint density at radius 2 is 2.29 bits per heavy atom. The highest BCUT2D eigenvalue weighted by molar-refractivity contribution is 5.72. The van der Waals surface area contributed by atoms with Crippen LogP contribution in [0.25, 0.3) is 0 Å². The Balaban J connectivity index is 2.90. The van der Waals surface area contributed by atoms with Gasteiger partial charge in [-0.25, -0.2) is 0 Å². The summed E-state index contributed by atoms with van der Waals surface area (Å²) in [4.78, 5) is 15.3. The predicted octanol–water partition coefficient (Wildman–Crippen LogP) is 1.92. The van der Waals surface area contributed by atoms with Crippen molar-refractivity contribution in [3.05, 3.63) is 29.6 Å². The Bertz CT molecular complexity index is 321. The Hall–Kier alpha value is -1.38. The molecule has 0 aromatic carbocycles. The molecule has 1 aromatic rings. The molecule has 0 N–H and O–H groups in total. The molecule has 1 heterocycles. The minimum absolute atomic E-state index is 0.245. The maximum Gasteiger partial charge on any atom is 0.311 e. The highest BCUT2D eigenvalue weighted by atomic mass is 16.5. The fourth-order valence-corrected chi connectivity index (χ4v) is 1.33. The molecule has 0 atom stereocenters. The number of ether oxygens (including phenoxy) is 1. The second kappa shape index (κ2) is 4.74. The summed E-state index contributed by atoms with van der Waals surface area (Å²) in [5, 5.41) is 0. The van der Waals surface area contributed by atoms with E-state index >= 15 is 0 Å². The van der Waals surface area contributed by atoms with Gasteiger partial charge in [0.2, 0.25) is 0 Å². The van der Waals surface area contributed by atoms with Gasteiger partial charge in [0.15, 0.2) is 0 Å². The highest BCUT2D eigenvalue weighted by Crippen LogP contribution is 2.17. The van der Waals surface area contributed by atoms with Gasteiger partial charge in [0, 0.05) is 6.20 Å². The predicted molar refractivity (Wildman–Crippen MR) is 54.0 cm³/mol. The van der Waals surface area contributed by atoms with Gasteiger partial charge in [-0.3, -0.25) is 9.78 Å². The number of pyridine rings is 1. The molecule has 0 saturated heterocycles. The smallest absolute Gasteiger partial charge is 0.311 e. The van der Waals surface area contributed by atoms with Crippen LogP contribution in [0.5, 0.6) is 0 Å². The van der Waals surface area contributed by atoms with Crippen LogP contribution in [0, 0.1) is 0 Å². The molecule has 1 aromatic heterocycles. The van der Waals surface area contributed by atoms with E-state index in [-0.39, 0.29) is 12.4 Å². The molecule has 1 rings (SSSR count). The number of methoxy groups -OCH3 is 1. The third-order valence-corrected chi connectivity index (χ3v) is 2.09. The molecule has 0 bridgehead atoms. The van der Waals surface area contributed by atoms with Gasteiger partial charge in [0.1, 0.15) is 0 Å². The van der Waals surface area contributed by atoms with E-state index in [2.05, 4.69) is 23.6 Å². The zero-order valence-corrected chi connectivity index (χ0v) is 8.78. The first kappa shape index (κ1) is 10.7. The van der Waals surface area contributed by atoms with Crippen LogP contribution >= 0.6 is 0 Å². The van der Waals surface area contributed by atoms with Crippen LogP contribution in [0.3, 0.4) is 0 Å². The van der Waals surface area contributed by atoms with E-state index < -0.39 is 0 Å². The number of hydrogen-bond donors (Lipinski definition) is 0. The standard InChI is InChI=1S/C11H15NO2/c1-8(2)9-5-4-6-12-10(9)7-11(13)14-3/h4-6,8H,7H2,1-3H3. The summed E-state index contributed by atoms with van der Waals surface area (Å²) < 4.78 is 4.61. The molecule has 0 saturated carbocycles. The van der Waals surface area contributed by atoms with Crippen LogP contribution < -0.4 is 0 Å². The van der Waals surface area contributed by atoms with Gasteiger partial charge in [0.25, 0.3) is 0 Å². The van der Waals surface area contributed by atoms with E-state index in [4.69, 9.17) is 0 Å². The summed E-state index contributed by atoms with van der Waals surface area (Å²) in [5.74, 6) is 0.133. The van der Waals surface area contributed by atoms with Crippen LogP contribution in [0.1, 0.15) is 31.0 Å². The third-order valence-electron chi connectivity index (χ3n) is 2.09. The van der Waals surface area contributed by atoms with Crippen molar-refractivity contribution in [3.8, 4) is 0 Å². The lowest BCUT2D eigenvalue weighted by Crippen LogP contribution is -2.09. The van der Waals surface area contributed by atoms with E-state index in [1.807, 2.05) is 12.1 Å². The van der Waals surface area contributed by atoms with Crippen LogP contribution in [-0.4, -0.2) is 18.1 Å². The van der Waals surface area contributed by atoms with Crippen molar-refractivity contribution in [3.63, 3.8) is 0 Å². The summed E-state index contributed by atoms with van der Waals surface area (Å²) >= 11 is 0. The van der Waals surface area contributed by atoms with E-state index in [0.29, 0.717) is 5.92 Å². The summed E-state index contributed by atoms with van der Waals surface area (Å²) in [7, 11) is 1.39. The van der Waals surface area contributed by atoms with E-state index in [1.165, 1.54) is 7.11 Å². The maximum absolute atomic E-state index is 11.1. The Labute approximate surface area is 84.1 Å². The first-order chi connectivity index (χ1) is 6.65. The molecular formula is C11H15NO2. The Morgan fingerprint density at radius 1 is 1.57 bits per heavy atom. The van der Waals surface area contributed by atoms with Crippen molar-refractivity contribution in [2.45, 2.75) is 26.2 Å². The SMILES string of the molecule is COC(=O)Cc1ncccc1C(C)C. The molecule has 0 aliphatic carbocycles. The fourth-order valence-electron chi connectivity index (χ4n) is 1.33. The lowest BCUT2D eigenvalue weighted by atomic mass is 10.00. The molecule has 0 fully saturated rings. The lowest BCUT2D eigenvalue weighted by Gasteiger charge is -2.09. The molecule has 76 valence electrons. The molecule has 0 unspecified atom stereocenters. The van der Waals surface area contributed by atoms with Crippen LogP contribution in [0.4, 0.5) is 0 Å². The van der Waals surface area contributed by atoms with Crippen molar-refractivity contribution in [1.82, 2.24) is 4.98 Å². The number of nitrogens with zero attached hydrogens (tertiary/aromatic N) is 1.